The molecule has 2 aromatic rings. The fraction of sp³-hybridized carbons (Fsp3) is 0.391. The molecule has 10 N–H and O–H groups in total. The van der Waals surface area contributed by atoms with Gasteiger partial charge in [-0.2, -0.15) is 0 Å². The molecule has 0 saturated heterocycles. The summed E-state index contributed by atoms with van der Waals surface area (Å²) < 4.78 is 0. The second kappa shape index (κ2) is 13.2. The molecule has 3 amide bonds. The fourth-order valence-electron chi connectivity index (χ4n) is 3.52. The standard InChI is InChI=1S/C23H29N5O10/c1-10(29)19(24)22(36)27-15(8-18(32)33)20(34)26-14(7-17(30)31)21(35)28-16(23(37)38)6-11-9-25-13-5-3-2-4-12(11)13/h2-5,9-10,14-16,19,25,29H,6-8,24H2,1H3,(H,26,34)(H,27,36)(H,28,35)(H,30,31)(H,32,33)(H,37,38). The normalized spacial score (nSPS) is 14.9. The highest BCUT2D eigenvalue weighted by atomic mass is 16.4. The van der Waals surface area contributed by atoms with Gasteiger partial charge in [-0.3, -0.25) is 24.0 Å². The van der Waals surface area contributed by atoms with Gasteiger partial charge in [0.25, 0.3) is 0 Å². The molecule has 1 heterocycles. The predicted molar refractivity (Wildman–Crippen MR) is 130 cm³/mol. The molecule has 0 saturated carbocycles. The number of aliphatic carboxylic acids is 3. The number of H-pyrrole nitrogens is 1. The molecule has 1 aromatic heterocycles. The van der Waals surface area contributed by atoms with Crippen molar-refractivity contribution in [2.75, 3.05) is 0 Å². The quantitative estimate of drug-likeness (QED) is 0.127. The van der Waals surface area contributed by atoms with E-state index in [2.05, 4.69) is 10.3 Å². The van der Waals surface area contributed by atoms with E-state index in [1.807, 2.05) is 10.6 Å². The SMILES string of the molecule is CC(O)C(N)C(=O)NC(CC(=O)O)C(=O)NC(CC(=O)O)C(=O)NC(Cc1c[nH]c2ccccc12)C(=O)O. The Morgan fingerprint density at radius 2 is 1.34 bits per heavy atom. The number of carbonyl (C=O) groups excluding carboxylic acids is 3. The molecule has 0 fully saturated rings. The van der Waals surface area contributed by atoms with Crippen molar-refractivity contribution in [2.45, 2.75) is 56.5 Å². The molecule has 206 valence electrons. The Balaban J connectivity index is 2.20. The summed E-state index contributed by atoms with van der Waals surface area (Å²) in [6.07, 6.45) is -1.87. The maximum absolute atomic E-state index is 12.9. The average molecular weight is 536 g/mol. The molecule has 38 heavy (non-hydrogen) atoms. The molecule has 15 nitrogen and oxygen atoms in total. The maximum atomic E-state index is 12.9. The van der Waals surface area contributed by atoms with Crippen LogP contribution < -0.4 is 21.7 Å². The molecule has 5 atom stereocenters. The van der Waals surface area contributed by atoms with Gasteiger partial charge in [0.2, 0.25) is 17.7 Å². The lowest BCUT2D eigenvalue weighted by Gasteiger charge is -2.24. The van der Waals surface area contributed by atoms with Gasteiger partial charge in [-0.15, -0.1) is 0 Å². The molecule has 2 rings (SSSR count). The van der Waals surface area contributed by atoms with Crippen LogP contribution in [-0.2, 0) is 35.2 Å². The Labute approximate surface area is 215 Å². The molecule has 0 aliphatic carbocycles. The third kappa shape index (κ3) is 8.28. The molecule has 0 bridgehead atoms. The monoisotopic (exact) mass is 535 g/mol. The van der Waals surface area contributed by atoms with Gasteiger partial charge in [0, 0.05) is 23.5 Å². The summed E-state index contributed by atoms with van der Waals surface area (Å²) in [6, 6.07) is 0.426. The summed E-state index contributed by atoms with van der Waals surface area (Å²) in [4.78, 5) is 75.1. The van der Waals surface area contributed by atoms with Gasteiger partial charge < -0.3 is 47.1 Å². The molecule has 1 aromatic carbocycles. The summed E-state index contributed by atoms with van der Waals surface area (Å²) in [7, 11) is 0. The van der Waals surface area contributed by atoms with Gasteiger partial charge in [0.1, 0.15) is 24.2 Å². The van der Waals surface area contributed by atoms with E-state index in [1.54, 1.807) is 30.5 Å². The summed E-state index contributed by atoms with van der Waals surface area (Å²) >= 11 is 0. The zero-order valence-electron chi connectivity index (χ0n) is 20.2. The number of hydrogen-bond acceptors (Lipinski definition) is 8. The molecule has 0 radical (unpaired) electrons. The Morgan fingerprint density at radius 1 is 0.842 bits per heavy atom. The van der Waals surface area contributed by atoms with E-state index in [1.165, 1.54) is 6.92 Å². The van der Waals surface area contributed by atoms with Crippen molar-refractivity contribution in [3.8, 4) is 0 Å². The Morgan fingerprint density at radius 3 is 1.84 bits per heavy atom. The number of aliphatic hydroxyl groups is 1. The zero-order chi connectivity index (χ0) is 28.6. The van der Waals surface area contributed by atoms with Crippen LogP contribution in [0.1, 0.15) is 25.3 Å². The first-order chi connectivity index (χ1) is 17.8. The van der Waals surface area contributed by atoms with Crippen molar-refractivity contribution in [3.05, 3.63) is 36.0 Å². The van der Waals surface area contributed by atoms with E-state index >= 15 is 0 Å². The summed E-state index contributed by atoms with van der Waals surface area (Å²) in [5.74, 6) is -7.92. The van der Waals surface area contributed by atoms with E-state index in [4.69, 9.17) is 10.8 Å². The smallest absolute Gasteiger partial charge is 0.326 e. The number of amides is 3. The maximum Gasteiger partial charge on any atom is 0.326 e. The second-order valence-electron chi connectivity index (χ2n) is 8.55. The molecular formula is C23H29N5O10. The van der Waals surface area contributed by atoms with Gasteiger partial charge in [0.05, 0.1) is 18.9 Å². The number of para-hydroxylation sites is 1. The fourth-order valence-corrected chi connectivity index (χ4v) is 3.52. The first-order valence-electron chi connectivity index (χ1n) is 11.4. The van der Waals surface area contributed by atoms with Crippen LogP contribution in [0.2, 0.25) is 0 Å². The van der Waals surface area contributed by atoms with Crippen molar-refractivity contribution in [1.29, 1.82) is 0 Å². The number of benzene rings is 1. The molecule has 0 aliphatic heterocycles. The van der Waals surface area contributed by atoms with Crippen LogP contribution in [0.5, 0.6) is 0 Å². The summed E-state index contributed by atoms with van der Waals surface area (Å²) in [6.45, 7) is 1.19. The minimum absolute atomic E-state index is 0.173. The molecule has 15 heteroatoms. The van der Waals surface area contributed by atoms with Gasteiger partial charge in [-0.1, -0.05) is 18.2 Å². The molecule has 0 spiro atoms. The Bertz CT molecular complexity index is 1210. The van der Waals surface area contributed by atoms with Gasteiger partial charge in [-0.25, -0.2) is 4.79 Å². The Kier molecular flexibility index (Phi) is 10.3. The van der Waals surface area contributed by atoms with E-state index < -0.39 is 78.7 Å². The molecule has 5 unspecified atom stereocenters. The number of nitrogens with two attached hydrogens (primary N) is 1. The van der Waals surface area contributed by atoms with Crippen LogP contribution >= 0.6 is 0 Å². The van der Waals surface area contributed by atoms with Crippen molar-refractivity contribution in [1.82, 2.24) is 20.9 Å². The first-order valence-corrected chi connectivity index (χ1v) is 11.4. The van der Waals surface area contributed by atoms with Crippen LogP contribution in [0.15, 0.2) is 30.5 Å². The number of aromatic amines is 1. The largest absolute Gasteiger partial charge is 0.481 e. The van der Waals surface area contributed by atoms with Gasteiger partial charge >= 0.3 is 17.9 Å². The van der Waals surface area contributed by atoms with Crippen molar-refractivity contribution >= 4 is 46.5 Å². The van der Waals surface area contributed by atoms with Gasteiger partial charge in [0.15, 0.2) is 0 Å². The summed E-state index contributed by atoms with van der Waals surface area (Å²) in [5, 5.41) is 44.4. The second-order valence-corrected chi connectivity index (χ2v) is 8.55. The lowest BCUT2D eigenvalue weighted by atomic mass is 10.0. The zero-order valence-corrected chi connectivity index (χ0v) is 20.2. The van der Waals surface area contributed by atoms with Crippen LogP contribution in [0.3, 0.4) is 0 Å². The third-order valence-corrected chi connectivity index (χ3v) is 5.56. The lowest BCUT2D eigenvalue weighted by Crippen LogP contribution is -2.58. The Hall–Kier alpha value is -4.50. The number of hydrogen-bond donors (Lipinski definition) is 9. The lowest BCUT2D eigenvalue weighted by molar-refractivity contribution is -0.145. The number of nitrogens with one attached hydrogen (secondary N) is 4. The first kappa shape index (κ1) is 29.7. The van der Waals surface area contributed by atoms with E-state index in [-0.39, 0.29) is 6.42 Å². The van der Waals surface area contributed by atoms with Crippen LogP contribution in [0.4, 0.5) is 0 Å². The minimum atomic E-state index is -1.82. The molecule has 0 aliphatic rings. The van der Waals surface area contributed by atoms with Crippen LogP contribution in [0, 0.1) is 0 Å². The van der Waals surface area contributed by atoms with Crippen molar-refractivity contribution in [3.63, 3.8) is 0 Å². The van der Waals surface area contributed by atoms with E-state index in [0.29, 0.717) is 10.9 Å². The van der Waals surface area contributed by atoms with E-state index in [0.717, 1.165) is 5.52 Å². The van der Waals surface area contributed by atoms with Gasteiger partial charge in [-0.05, 0) is 18.6 Å². The number of carboxylic acid groups (broad SMARTS) is 3. The number of rotatable bonds is 14. The predicted octanol–water partition coefficient (Wildman–Crippen LogP) is -2.09. The van der Waals surface area contributed by atoms with E-state index in [9.17, 15) is 44.1 Å². The van der Waals surface area contributed by atoms with Crippen molar-refractivity contribution in [2.24, 2.45) is 5.73 Å². The number of carboxylic acids is 3. The minimum Gasteiger partial charge on any atom is -0.481 e. The number of fused-ring (bicyclic) bond motifs is 1. The molecular weight excluding hydrogens is 506 g/mol. The van der Waals surface area contributed by atoms with Crippen molar-refractivity contribution < 1.29 is 49.2 Å². The highest BCUT2D eigenvalue weighted by molar-refractivity contribution is 5.97. The highest BCUT2D eigenvalue weighted by Crippen LogP contribution is 2.19. The highest BCUT2D eigenvalue weighted by Gasteiger charge is 2.33. The third-order valence-electron chi connectivity index (χ3n) is 5.56. The van der Waals surface area contributed by atoms with Crippen LogP contribution in [0.25, 0.3) is 10.9 Å². The number of carbonyl (C=O) groups is 6. The summed E-state index contributed by atoms with van der Waals surface area (Å²) in [5.41, 5.74) is 6.78. The number of aliphatic hydroxyl groups excluding tert-OH is 1. The average Bonchev–Trinajstić information content (AvgIpc) is 3.24. The van der Waals surface area contributed by atoms with Crippen LogP contribution in [-0.4, -0.2) is 91.3 Å². The topological polar surface area (TPSA) is 261 Å². The number of aromatic nitrogens is 1.